The molecule has 1 aromatic heterocycles. The zero-order valence-corrected chi connectivity index (χ0v) is 8.64. The normalized spacial score (nSPS) is 10.9. The molecule has 78 valence electrons. The predicted molar refractivity (Wildman–Crippen MR) is 50.6 cm³/mol. The fraction of sp³-hybridized carbons (Fsp3) is 0.375. The average molecular weight is 268 g/mol. The number of pyridine rings is 1. The summed E-state index contributed by atoms with van der Waals surface area (Å²) in [5.41, 5.74) is -0.842. The van der Waals surface area contributed by atoms with Gasteiger partial charge in [-0.05, 0) is 6.07 Å². The molecule has 0 radical (unpaired) electrons. The largest absolute Gasteiger partial charge is 0.390 e. The van der Waals surface area contributed by atoms with Gasteiger partial charge in [0.25, 0.3) is 12.0 Å². The van der Waals surface area contributed by atoms with Crippen molar-refractivity contribution in [1.29, 1.82) is 0 Å². The lowest BCUT2D eigenvalue weighted by Gasteiger charge is -2.06. The van der Waals surface area contributed by atoms with Crippen LogP contribution in [0.15, 0.2) is 10.9 Å². The number of aliphatic hydroxyl groups is 1. The van der Waals surface area contributed by atoms with Gasteiger partial charge in [0.05, 0.1) is 6.61 Å². The minimum Gasteiger partial charge on any atom is -0.390 e. The Balaban J connectivity index is 3.36. The number of aliphatic hydroxyl groups excluding tert-OH is 1. The Morgan fingerprint density at radius 2 is 2.21 bits per heavy atom. The third kappa shape index (κ3) is 2.19. The van der Waals surface area contributed by atoms with E-state index in [-0.39, 0.29) is 22.2 Å². The topological polar surface area (TPSA) is 53.1 Å². The summed E-state index contributed by atoms with van der Waals surface area (Å²) in [7, 11) is 0. The number of rotatable bonds is 3. The van der Waals surface area contributed by atoms with Crippen LogP contribution in [0.1, 0.15) is 23.2 Å². The molecule has 14 heavy (non-hydrogen) atoms. The highest BCUT2D eigenvalue weighted by Crippen LogP contribution is 2.22. The summed E-state index contributed by atoms with van der Waals surface area (Å²) in [4.78, 5) is 13.5. The lowest BCUT2D eigenvalue weighted by molar-refractivity contribution is 0.150. The van der Waals surface area contributed by atoms with Crippen LogP contribution in [0.3, 0.4) is 0 Å². The van der Waals surface area contributed by atoms with Crippen LogP contribution in [0.4, 0.5) is 8.78 Å². The molecule has 0 spiro atoms. The fourth-order valence-electron chi connectivity index (χ4n) is 1.08. The van der Waals surface area contributed by atoms with Crippen LogP contribution in [0.5, 0.6) is 0 Å². The Hall–Kier alpha value is -0.750. The number of hydrogen-bond acceptors (Lipinski definition) is 2. The van der Waals surface area contributed by atoms with Crippen molar-refractivity contribution in [3.8, 4) is 0 Å². The molecule has 0 fully saturated rings. The molecule has 0 saturated carbocycles. The van der Waals surface area contributed by atoms with E-state index in [2.05, 4.69) is 20.9 Å². The van der Waals surface area contributed by atoms with Crippen molar-refractivity contribution in [3.63, 3.8) is 0 Å². The van der Waals surface area contributed by atoms with Gasteiger partial charge in [0.1, 0.15) is 0 Å². The number of halogens is 3. The van der Waals surface area contributed by atoms with Crippen molar-refractivity contribution < 1.29 is 13.9 Å². The standard InChI is InChI=1S/C8H8BrF2NO2/c9-2-6-5(7(10)11)1-4(3-13)12-8(6)14/h1,7,13H,2-3H2,(H,12,14). The van der Waals surface area contributed by atoms with Gasteiger partial charge in [0.15, 0.2) is 0 Å². The van der Waals surface area contributed by atoms with E-state index >= 15 is 0 Å². The first-order valence-corrected chi connectivity index (χ1v) is 4.92. The van der Waals surface area contributed by atoms with Crippen LogP contribution in [0.2, 0.25) is 0 Å². The monoisotopic (exact) mass is 267 g/mol. The van der Waals surface area contributed by atoms with Gasteiger partial charge in [-0.3, -0.25) is 4.79 Å². The number of aromatic amines is 1. The molecule has 0 aliphatic carbocycles. The first-order valence-electron chi connectivity index (χ1n) is 3.80. The second-order valence-corrected chi connectivity index (χ2v) is 3.21. The highest BCUT2D eigenvalue weighted by molar-refractivity contribution is 9.08. The van der Waals surface area contributed by atoms with Crippen LogP contribution < -0.4 is 5.56 Å². The highest BCUT2D eigenvalue weighted by atomic mass is 79.9. The van der Waals surface area contributed by atoms with Crippen molar-refractivity contribution in [1.82, 2.24) is 4.98 Å². The summed E-state index contributed by atoms with van der Waals surface area (Å²) in [5.74, 6) is 0. The minimum absolute atomic E-state index is 0.00259. The van der Waals surface area contributed by atoms with Gasteiger partial charge in [-0.1, -0.05) is 15.9 Å². The Bertz CT molecular complexity index is 378. The smallest absolute Gasteiger partial charge is 0.264 e. The molecule has 0 amide bonds. The van der Waals surface area contributed by atoms with Gasteiger partial charge >= 0.3 is 0 Å². The summed E-state index contributed by atoms with van der Waals surface area (Å²) in [6, 6.07) is 1.10. The molecule has 0 aromatic carbocycles. The number of aromatic nitrogens is 1. The number of nitrogens with one attached hydrogen (secondary N) is 1. The molecule has 0 aliphatic rings. The van der Waals surface area contributed by atoms with Gasteiger partial charge in [0.2, 0.25) is 0 Å². The molecule has 6 heteroatoms. The Kier molecular flexibility index (Phi) is 3.77. The molecule has 0 bridgehead atoms. The van der Waals surface area contributed by atoms with E-state index in [9.17, 15) is 13.6 Å². The van der Waals surface area contributed by atoms with Crippen molar-refractivity contribution in [2.45, 2.75) is 18.4 Å². The van der Waals surface area contributed by atoms with Gasteiger partial charge in [-0.2, -0.15) is 0 Å². The molecular weight excluding hydrogens is 260 g/mol. The van der Waals surface area contributed by atoms with Gasteiger partial charge in [0, 0.05) is 22.2 Å². The molecule has 1 heterocycles. The van der Waals surface area contributed by atoms with Gasteiger partial charge in [-0.25, -0.2) is 8.78 Å². The molecule has 0 atom stereocenters. The molecule has 0 saturated heterocycles. The van der Waals surface area contributed by atoms with Crippen molar-refractivity contribution in [3.05, 3.63) is 33.2 Å². The molecule has 0 unspecified atom stereocenters. The summed E-state index contributed by atoms with van der Waals surface area (Å²) >= 11 is 2.96. The van der Waals surface area contributed by atoms with Crippen LogP contribution in [0.25, 0.3) is 0 Å². The maximum Gasteiger partial charge on any atom is 0.264 e. The van der Waals surface area contributed by atoms with Gasteiger partial charge in [-0.15, -0.1) is 0 Å². The van der Waals surface area contributed by atoms with Crippen molar-refractivity contribution in [2.24, 2.45) is 0 Å². The Labute approximate surface area is 86.9 Å². The molecular formula is C8H8BrF2NO2. The lowest BCUT2D eigenvalue weighted by Crippen LogP contribution is -2.17. The zero-order chi connectivity index (χ0) is 10.7. The van der Waals surface area contributed by atoms with Gasteiger partial charge < -0.3 is 10.1 Å². The van der Waals surface area contributed by atoms with Crippen molar-refractivity contribution in [2.75, 3.05) is 0 Å². The fourth-order valence-corrected chi connectivity index (χ4v) is 1.66. The van der Waals surface area contributed by atoms with E-state index in [1.807, 2.05) is 0 Å². The Morgan fingerprint density at radius 3 is 2.64 bits per heavy atom. The Morgan fingerprint density at radius 1 is 1.57 bits per heavy atom. The maximum absolute atomic E-state index is 12.5. The molecule has 1 aromatic rings. The summed E-state index contributed by atoms with van der Waals surface area (Å²) in [5, 5.41) is 8.77. The summed E-state index contributed by atoms with van der Waals surface area (Å²) in [6.07, 6.45) is -2.71. The van der Waals surface area contributed by atoms with E-state index in [4.69, 9.17) is 5.11 Å². The number of H-pyrrole nitrogens is 1. The lowest BCUT2D eigenvalue weighted by atomic mass is 10.1. The molecule has 1 rings (SSSR count). The second kappa shape index (κ2) is 4.65. The van der Waals surface area contributed by atoms with E-state index in [0.29, 0.717) is 0 Å². The third-order valence-corrected chi connectivity index (χ3v) is 2.33. The zero-order valence-electron chi connectivity index (χ0n) is 7.06. The number of hydrogen-bond donors (Lipinski definition) is 2. The predicted octanol–water partition coefficient (Wildman–Crippen LogP) is 1.70. The van der Waals surface area contributed by atoms with Crippen LogP contribution >= 0.6 is 15.9 Å². The second-order valence-electron chi connectivity index (χ2n) is 2.65. The summed E-state index contributed by atoms with van der Waals surface area (Å²) in [6.45, 7) is -0.461. The van der Waals surface area contributed by atoms with Crippen LogP contribution in [-0.4, -0.2) is 10.1 Å². The van der Waals surface area contributed by atoms with E-state index < -0.39 is 18.6 Å². The van der Waals surface area contributed by atoms with Crippen molar-refractivity contribution >= 4 is 15.9 Å². The first kappa shape index (κ1) is 11.3. The van der Waals surface area contributed by atoms with E-state index in [1.165, 1.54) is 0 Å². The molecule has 3 nitrogen and oxygen atoms in total. The SMILES string of the molecule is O=c1[nH]c(CO)cc(C(F)F)c1CBr. The maximum atomic E-state index is 12.5. The number of alkyl halides is 3. The van der Waals surface area contributed by atoms with E-state index in [1.54, 1.807) is 0 Å². The minimum atomic E-state index is -2.71. The van der Waals surface area contributed by atoms with E-state index in [0.717, 1.165) is 6.07 Å². The van der Waals surface area contributed by atoms with Crippen LogP contribution in [0, 0.1) is 0 Å². The summed E-state index contributed by atoms with van der Waals surface area (Å²) < 4.78 is 24.9. The highest BCUT2D eigenvalue weighted by Gasteiger charge is 2.16. The van der Waals surface area contributed by atoms with Crippen LogP contribution in [-0.2, 0) is 11.9 Å². The quantitative estimate of drug-likeness (QED) is 0.820. The molecule has 2 N–H and O–H groups in total. The molecule has 0 aliphatic heterocycles. The first-order chi connectivity index (χ1) is 6.60. The third-order valence-electron chi connectivity index (χ3n) is 1.77. The average Bonchev–Trinajstić information content (AvgIpc) is 2.16.